The quantitative estimate of drug-likeness (QED) is 0.478. The predicted octanol–water partition coefficient (Wildman–Crippen LogP) is 3.61. The van der Waals surface area contributed by atoms with Crippen LogP contribution in [0.2, 0.25) is 5.02 Å². The Morgan fingerprint density at radius 3 is 2.68 bits per heavy atom. The minimum Gasteiger partial charge on any atom is -0.474 e. The highest BCUT2D eigenvalue weighted by atomic mass is 35.5. The second-order valence-electron chi connectivity index (χ2n) is 4.98. The fourth-order valence-electron chi connectivity index (χ4n) is 1.92. The van der Waals surface area contributed by atoms with E-state index in [1.165, 1.54) is 31.2 Å². The highest BCUT2D eigenvalue weighted by Gasteiger charge is 2.22. The molecule has 0 aliphatic heterocycles. The van der Waals surface area contributed by atoms with Crippen molar-refractivity contribution in [3.63, 3.8) is 0 Å². The summed E-state index contributed by atoms with van der Waals surface area (Å²) in [5.41, 5.74) is -0.461. The van der Waals surface area contributed by atoms with E-state index in [0.717, 1.165) is 12.1 Å². The Kier molecular flexibility index (Phi) is 5.66. The number of halogens is 2. The van der Waals surface area contributed by atoms with Crippen LogP contribution in [0.15, 0.2) is 36.4 Å². The third kappa shape index (κ3) is 4.51. The van der Waals surface area contributed by atoms with Crippen molar-refractivity contribution in [2.45, 2.75) is 13.0 Å². The number of nitrogens with zero attached hydrogens (tertiary/aromatic N) is 1. The Labute approximate surface area is 146 Å². The van der Waals surface area contributed by atoms with Gasteiger partial charge in [-0.2, -0.15) is 0 Å². The van der Waals surface area contributed by atoms with Crippen LogP contribution in [-0.2, 0) is 4.79 Å². The zero-order valence-corrected chi connectivity index (χ0v) is 13.6. The number of carbonyl (C=O) groups excluding carboxylic acids is 2. The first-order valence-corrected chi connectivity index (χ1v) is 7.36. The molecule has 0 saturated heterocycles. The number of amides is 1. The number of hydrogen-bond acceptors (Lipinski definition) is 5. The fraction of sp³-hybridized carbons (Fsp3) is 0.125. The van der Waals surface area contributed by atoms with Gasteiger partial charge in [-0.3, -0.25) is 19.7 Å². The Morgan fingerprint density at radius 2 is 2.08 bits per heavy atom. The van der Waals surface area contributed by atoms with Crippen LogP contribution in [0.5, 0.6) is 5.75 Å². The van der Waals surface area contributed by atoms with Gasteiger partial charge < -0.3 is 10.1 Å². The largest absolute Gasteiger partial charge is 0.474 e. The first-order chi connectivity index (χ1) is 11.8. The molecule has 0 heterocycles. The van der Waals surface area contributed by atoms with Crippen molar-refractivity contribution in [1.29, 1.82) is 0 Å². The lowest BCUT2D eigenvalue weighted by Gasteiger charge is -2.15. The van der Waals surface area contributed by atoms with Gasteiger partial charge in [-0.15, -0.1) is 0 Å². The van der Waals surface area contributed by atoms with E-state index in [4.69, 9.17) is 16.3 Å². The molecule has 2 aromatic carbocycles. The number of nitro benzene ring substituents is 1. The molecule has 2 rings (SSSR count). The molecule has 0 aromatic heterocycles. The molecule has 25 heavy (non-hydrogen) atoms. The van der Waals surface area contributed by atoms with Crippen LogP contribution in [0.1, 0.15) is 17.3 Å². The van der Waals surface area contributed by atoms with Crippen molar-refractivity contribution >= 4 is 35.2 Å². The Morgan fingerprint density at radius 1 is 1.36 bits per heavy atom. The zero-order valence-electron chi connectivity index (χ0n) is 12.9. The number of nitrogens with one attached hydrogen (secondary N) is 1. The number of rotatable bonds is 6. The van der Waals surface area contributed by atoms with E-state index < -0.39 is 28.4 Å². The number of hydrogen-bond donors (Lipinski definition) is 1. The Balaban J connectivity index is 2.16. The molecule has 1 atom stereocenters. The third-order valence-corrected chi connectivity index (χ3v) is 3.41. The van der Waals surface area contributed by atoms with Crippen molar-refractivity contribution in [2.24, 2.45) is 0 Å². The lowest BCUT2D eigenvalue weighted by molar-refractivity contribution is -0.386. The monoisotopic (exact) mass is 366 g/mol. The topological polar surface area (TPSA) is 98.5 Å². The minimum atomic E-state index is -1.16. The van der Waals surface area contributed by atoms with E-state index in [2.05, 4.69) is 5.32 Å². The maximum Gasteiger partial charge on any atom is 0.311 e. The third-order valence-electron chi connectivity index (χ3n) is 3.18. The van der Waals surface area contributed by atoms with Crippen molar-refractivity contribution in [2.75, 3.05) is 5.32 Å². The summed E-state index contributed by atoms with van der Waals surface area (Å²) >= 11 is 5.63. The molecule has 130 valence electrons. The summed E-state index contributed by atoms with van der Waals surface area (Å²) in [6, 6.07) is 7.28. The molecule has 0 saturated carbocycles. The van der Waals surface area contributed by atoms with Gasteiger partial charge in [-0.1, -0.05) is 11.6 Å². The Bertz CT molecular complexity index is 843. The van der Waals surface area contributed by atoms with E-state index in [1.807, 2.05) is 0 Å². The normalized spacial score (nSPS) is 11.5. The minimum absolute atomic E-state index is 0.0967. The van der Waals surface area contributed by atoms with E-state index in [1.54, 1.807) is 0 Å². The van der Waals surface area contributed by atoms with Crippen LogP contribution in [-0.4, -0.2) is 23.2 Å². The number of aldehydes is 1. The fourth-order valence-corrected chi connectivity index (χ4v) is 2.08. The number of ether oxygens (including phenoxy) is 1. The molecule has 2 aromatic rings. The first kappa shape index (κ1) is 18.3. The van der Waals surface area contributed by atoms with E-state index in [0.29, 0.717) is 6.29 Å². The molecule has 0 fully saturated rings. The predicted molar refractivity (Wildman–Crippen MR) is 88.6 cm³/mol. The van der Waals surface area contributed by atoms with Gasteiger partial charge in [0.15, 0.2) is 11.9 Å². The molecule has 0 aliphatic rings. The second kappa shape index (κ2) is 7.71. The molecule has 0 radical (unpaired) electrons. The molecule has 0 unspecified atom stereocenters. The lowest BCUT2D eigenvalue weighted by atomic mass is 10.2. The van der Waals surface area contributed by atoms with Gasteiger partial charge in [-0.25, -0.2) is 4.39 Å². The molecule has 0 aliphatic carbocycles. The first-order valence-electron chi connectivity index (χ1n) is 6.98. The van der Waals surface area contributed by atoms with Crippen LogP contribution in [0.3, 0.4) is 0 Å². The highest BCUT2D eigenvalue weighted by molar-refractivity contribution is 6.30. The molecule has 0 bridgehead atoms. The van der Waals surface area contributed by atoms with Gasteiger partial charge in [0.1, 0.15) is 12.1 Å². The molecule has 9 heteroatoms. The maximum absolute atomic E-state index is 13.7. The highest BCUT2D eigenvalue weighted by Crippen LogP contribution is 2.28. The van der Waals surface area contributed by atoms with Crippen LogP contribution >= 0.6 is 11.6 Å². The van der Waals surface area contributed by atoms with Gasteiger partial charge in [0.25, 0.3) is 5.91 Å². The summed E-state index contributed by atoms with van der Waals surface area (Å²) in [5, 5.41) is 13.5. The van der Waals surface area contributed by atoms with E-state index in [9.17, 15) is 24.1 Å². The summed E-state index contributed by atoms with van der Waals surface area (Å²) in [6.45, 7) is 1.35. The lowest BCUT2D eigenvalue weighted by Crippen LogP contribution is -2.30. The average Bonchev–Trinajstić information content (AvgIpc) is 2.57. The number of anilines is 1. The van der Waals surface area contributed by atoms with Gasteiger partial charge in [0.05, 0.1) is 10.6 Å². The van der Waals surface area contributed by atoms with Crippen LogP contribution in [0.25, 0.3) is 0 Å². The molecule has 1 amide bonds. The SMILES string of the molecule is C[C@H](Oc1ccc(C=O)cc1[N+](=O)[O-])C(=O)Nc1ccc(Cl)cc1F. The van der Waals surface area contributed by atoms with Crippen LogP contribution < -0.4 is 10.1 Å². The summed E-state index contributed by atoms with van der Waals surface area (Å²) in [5.74, 6) is -1.63. The van der Waals surface area contributed by atoms with Crippen molar-refractivity contribution in [1.82, 2.24) is 0 Å². The summed E-state index contributed by atoms with van der Waals surface area (Å²) < 4.78 is 19.0. The second-order valence-corrected chi connectivity index (χ2v) is 5.41. The summed E-state index contributed by atoms with van der Waals surface area (Å²) in [6.07, 6.45) is -0.702. The van der Waals surface area contributed by atoms with E-state index in [-0.39, 0.29) is 22.0 Å². The van der Waals surface area contributed by atoms with Gasteiger partial charge in [0.2, 0.25) is 0 Å². The average molecular weight is 367 g/mol. The zero-order chi connectivity index (χ0) is 18.6. The number of benzene rings is 2. The maximum atomic E-state index is 13.7. The smallest absolute Gasteiger partial charge is 0.311 e. The molecule has 1 N–H and O–H groups in total. The molecular weight excluding hydrogens is 355 g/mol. The Hall–Kier alpha value is -3.00. The van der Waals surface area contributed by atoms with Crippen molar-refractivity contribution in [3.8, 4) is 5.75 Å². The molecule has 7 nitrogen and oxygen atoms in total. The van der Waals surface area contributed by atoms with E-state index >= 15 is 0 Å². The van der Waals surface area contributed by atoms with Gasteiger partial charge in [0, 0.05) is 16.7 Å². The van der Waals surface area contributed by atoms with Crippen molar-refractivity contribution in [3.05, 3.63) is 62.9 Å². The standard InChI is InChI=1S/C16H12ClFN2O5/c1-9(16(22)19-13-4-3-11(17)7-12(13)18)25-15-5-2-10(8-21)6-14(15)20(23)24/h2-9H,1H3,(H,19,22)/t9-/m0/s1. The molecular formula is C16H12ClFN2O5. The van der Waals surface area contributed by atoms with Crippen LogP contribution in [0, 0.1) is 15.9 Å². The molecule has 0 spiro atoms. The van der Waals surface area contributed by atoms with Gasteiger partial charge >= 0.3 is 5.69 Å². The summed E-state index contributed by atoms with van der Waals surface area (Å²) in [7, 11) is 0. The van der Waals surface area contributed by atoms with Gasteiger partial charge in [-0.05, 0) is 37.3 Å². The van der Waals surface area contributed by atoms with Crippen molar-refractivity contribution < 1.29 is 23.6 Å². The number of carbonyl (C=O) groups is 2. The van der Waals surface area contributed by atoms with Crippen LogP contribution in [0.4, 0.5) is 15.8 Å². The number of nitro groups is 1. The summed E-state index contributed by atoms with van der Waals surface area (Å²) in [4.78, 5) is 33.1.